The Morgan fingerprint density at radius 1 is 1.32 bits per heavy atom. The predicted octanol–water partition coefficient (Wildman–Crippen LogP) is -0.0876. The molecule has 1 saturated heterocycles. The second-order valence-corrected chi connectivity index (χ2v) is 5.13. The molecule has 0 amide bonds. The van der Waals surface area contributed by atoms with Crippen LogP contribution in [0.3, 0.4) is 0 Å². The van der Waals surface area contributed by atoms with E-state index in [0.717, 1.165) is 50.2 Å². The number of para-hydroxylation sites is 1. The molecule has 1 aliphatic rings. The number of anilines is 1. The van der Waals surface area contributed by atoms with Gasteiger partial charge in [0.05, 0.1) is 26.3 Å². The highest BCUT2D eigenvalue weighted by molar-refractivity contribution is 7.80. The van der Waals surface area contributed by atoms with Gasteiger partial charge >= 0.3 is 0 Å². The van der Waals surface area contributed by atoms with E-state index in [1.54, 1.807) is 4.90 Å². The molecule has 19 heavy (non-hydrogen) atoms. The fraction of sp³-hybridized carbons (Fsp3) is 0.500. The number of nitrogens with zero attached hydrogens (tertiary/aromatic N) is 1. The molecule has 0 radical (unpaired) electrons. The lowest BCUT2D eigenvalue weighted by Crippen LogP contribution is -3.14. The summed E-state index contributed by atoms with van der Waals surface area (Å²) in [5.74, 6) is 0. The summed E-state index contributed by atoms with van der Waals surface area (Å²) in [5.41, 5.74) is 1.11. The Morgan fingerprint density at radius 2 is 2.00 bits per heavy atom. The summed E-state index contributed by atoms with van der Waals surface area (Å²) in [7, 11) is 1.99. The molecule has 0 aliphatic carbocycles. The first kappa shape index (κ1) is 14.2. The Kier molecular flexibility index (Phi) is 5.57. The lowest BCUT2D eigenvalue weighted by molar-refractivity contribution is -0.906. The first-order valence-corrected chi connectivity index (χ1v) is 7.16. The summed E-state index contributed by atoms with van der Waals surface area (Å²) < 4.78 is 5.35. The lowest BCUT2D eigenvalue weighted by atomic mass is 10.3. The minimum absolute atomic E-state index is 0.777. The smallest absolute Gasteiger partial charge is 0.173 e. The van der Waals surface area contributed by atoms with Crippen molar-refractivity contribution in [3.8, 4) is 0 Å². The number of hydrogen-bond acceptors (Lipinski definition) is 2. The van der Waals surface area contributed by atoms with Crippen LogP contribution < -0.4 is 15.1 Å². The number of morpholine rings is 1. The maximum Gasteiger partial charge on any atom is 0.173 e. The highest BCUT2D eigenvalue weighted by atomic mass is 32.1. The van der Waals surface area contributed by atoms with Gasteiger partial charge in [-0.25, -0.2) is 0 Å². The van der Waals surface area contributed by atoms with Crippen molar-refractivity contribution in [2.45, 2.75) is 0 Å². The molecule has 5 heteroatoms. The van der Waals surface area contributed by atoms with Crippen molar-refractivity contribution < 1.29 is 9.64 Å². The van der Waals surface area contributed by atoms with Gasteiger partial charge in [-0.3, -0.25) is 0 Å². The van der Waals surface area contributed by atoms with Crippen molar-refractivity contribution in [1.29, 1.82) is 0 Å². The Labute approximate surface area is 120 Å². The average Bonchev–Trinajstić information content (AvgIpc) is 2.48. The second-order valence-electron chi connectivity index (χ2n) is 4.74. The van der Waals surface area contributed by atoms with E-state index in [-0.39, 0.29) is 0 Å². The van der Waals surface area contributed by atoms with Gasteiger partial charge in [-0.2, -0.15) is 0 Å². The van der Waals surface area contributed by atoms with Crippen LogP contribution in [0.4, 0.5) is 5.69 Å². The molecule has 1 aromatic rings. The Morgan fingerprint density at radius 3 is 2.68 bits per heavy atom. The van der Waals surface area contributed by atoms with Crippen LogP contribution >= 0.6 is 12.2 Å². The topological polar surface area (TPSA) is 28.9 Å². The highest BCUT2D eigenvalue weighted by Crippen LogP contribution is 2.10. The zero-order chi connectivity index (χ0) is 13.5. The zero-order valence-electron chi connectivity index (χ0n) is 11.4. The van der Waals surface area contributed by atoms with Crippen molar-refractivity contribution in [3.05, 3.63) is 30.3 Å². The molecule has 1 aromatic carbocycles. The van der Waals surface area contributed by atoms with E-state index in [9.17, 15) is 0 Å². The third-order valence-electron chi connectivity index (χ3n) is 3.40. The molecular formula is C14H22N3OS+. The molecule has 0 bridgehead atoms. The molecule has 0 aromatic heterocycles. The predicted molar refractivity (Wildman–Crippen MR) is 81.8 cm³/mol. The molecule has 0 unspecified atom stereocenters. The molecule has 2 rings (SSSR count). The summed E-state index contributed by atoms with van der Waals surface area (Å²) in [6.07, 6.45) is 0. The summed E-state index contributed by atoms with van der Waals surface area (Å²) >= 11 is 5.41. The van der Waals surface area contributed by atoms with Crippen LogP contribution in [0.2, 0.25) is 0 Å². The number of benzene rings is 1. The van der Waals surface area contributed by atoms with Crippen LogP contribution in [0, 0.1) is 0 Å². The largest absolute Gasteiger partial charge is 0.370 e. The SMILES string of the molecule is CN(C(=S)NCC[NH+]1CCOCC1)c1ccccc1. The van der Waals surface area contributed by atoms with E-state index in [1.807, 2.05) is 30.1 Å². The molecule has 4 nitrogen and oxygen atoms in total. The number of hydrogen-bond donors (Lipinski definition) is 2. The summed E-state index contributed by atoms with van der Waals surface area (Å²) in [4.78, 5) is 3.59. The fourth-order valence-electron chi connectivity index (χ4n) is 2.14. The van der Waals surface area contributed by atoms with Crippen molar-refractivity contribution in [2.24, 2.45) is 0 Å². The van der Waals surface area contributed by atoms with Gasteiger partial charge in [-0.1, -0.05) is 18.2 Å². The van der Waals surface area contributed by atoms with E-state index in [2.05, 4.69) is 17.4 Å². The molecule has 0 spiro atoms. The van der Waals surface area contributed by atoms with Crippen LogP contribution in [0.5, 0.6) is 0 Å². The third kappa shape index (κ3) is 4.45. The first-order valence-electron chi connectivity index (χ1n) is 6.75. The van der Waals surface area contributed by atoms with Crippen molar-refractivity contribution in [3.63, 3.8) is 0 Å². The highest BCUT2D eigenvalue weighted by Gasteiger charge is 2.13. The van der Waals surface area contributed by atoms with Crippen molar-refractivity contribution >= 4 is 23.0 Å². The maximum atomic E-state index is 5.41. The van der Waals surface area contributed by atoms with Gasteiger partial charge in [-0.05, 0) is 24.4 Å². The molecule has 2 N–H and O–H groups in total. The molecule has 1 heterocycles. The van der Waals surface area contributed by atoms with E-state index in [1.165, 1.54) is 0 Å². The summed E-state index contributed by atoms with van der Waals surface area (Å²) in [5, 5.41) is 4.10. The number of rotatable bonds is 4. The number of ether oxygens (including phenoxy) is 1. The van der Waals surface area contributed by atoms with E-state index in [4.69, 9.17) is 17.0 Å². The lowest BCUT2D eigenvalue weighted by Gasteiger charge is -2.25. The van der Waals surface area contributed by atoms with E-state index < -0.39 is 0 Å². The minimum atomic E-state index is 0.777. The number of nitrogens with one attached hydrogen (secondary N) is 2. The van der Waals surface area contributed by atoms with Crippen LogP contribution in [0.15, 0.2) is 30.3 Å². The van der Waals surface area contributed by atoms with Gasteiger partial charge < -0.3 is 19.9 Å². The molecule has 1 aliphatic heterocycles. The standard InChI is InChI=1S/C14H21N3OS/c1-16(13-5-3-2-4-6-13)14(19)15-7-8-17-9-11-18-12-10-17/h2-6H,7-12H2,1H3,(H,15,19)/p+1. The van der Waals surface area contributed by atoms with Crippen LogP contribution in [0.25, 0.3) is 0 Å². The number of quaternary nitrogens is 1. The maximum absolute atomic E-state index is 5.41. The van der Waals surface area contributed by atoms with Gasteiger partial charge in [0, 0.05) is 12.7 Å². The van der Waals surface area contributed by atoms with Crippen molar-refractivity contribution in [2.75, 3.05) is 51.3 Å². The average molecular weight is 280 g/mol. The monoisotopic (exact) mass is 280 g/mol. The number of thiocarbonyl (C=S) groups is 1. The summed E-state index contributed by atoms with van der Waals surface area (Å²) in [6.45, 7) is 5.96. The van der Waals surface area contributed by atoms with Gasteiger partial charge in [0.25, 0.3) is 0 Å². The van der Waals surface area contributed by atoms with Gasteiger partial charge in [0.1, 0.15) is 13.1 Å². The summed E-state index contributed by atoms with van der Waals surface area (Å²) in [6, 6.07) is 10.2. The Balaban J connectivity index is 1.72. The molecular weight excluding hydrogens is 258 g/mol. The van der Waals surface area contributed by atoms with Gasteiger partial charge in [0.15, 0.2) is 5.11 Å². The molecule has 0 atom stereocenters. The van der Waals surface area contributed by atoms with Crippen LogP contribution in [-0.2, 0) is 4.74 Å². The Hall–Kier alpha value is -1.17. The molecule has 104 valence electrons. The van der Waals surface area contributed by atoms with Gasteiger partial charge in [0.2, 0.25) is 0 Å². The van der Waals surface area contributed by atoms with Crippen LogP contribution in [0.1, 0.15) is 0 Å². The second kappa shape index (κ2) is 7.43. The van der Waals surface area contributed by atoms with Gasteiger partial charge in [-0.15, -0.1) is 0 Å². The van der Waals surface area contributed by atoms with Crippen LogP contribution in [-0.4, -0.2) is 51.6 Å². The fourth-order valence-corrected chi connectivity index (χ4v) is 2.35. The normalized spacial score (nSPS) is 16.1. The Bertz CT molecular complexity index is 393. The third-order valence-corrected chi connectivity index (χ3v) is 3.82. The van der Waals surface area contributed by atoms with E-state index >= 15 is 0 Å². The molecule has 0 saturated carbocycles. The zero-order valence-corrected chi connectivity index (χ0v) is 12.2. The van der Waals surface area contributed by atoms with Crippen molar-refractivity contribution in [1.82, 2.24) is 5.32 Å². The molecule has 1 fully saturated rings. The first-order chi connectivity index (χ1) is 9.27. The quantitative estimate of drug-likeness (QED) is 0.755. The van der Waals surface area contributed by atoms with E-state index in [0.29, 0.717) is 0 Å². The minimum Gasteiger partial charge on any atom is -0.370 e.